The minimum atomic E-state index is -3.63. The van der Waals surface area contributed by atoms with Crippen molar-refractivity contribution in [3.05, 3.63) is 53.4 Å². The van der Waals surface area contributed by atoms with E-state index in [4.69, 9.17) is 0 Å². The van der Waals surface area contributed by atoms with Crippen LogP contribution in [0.1, 0.15) is 5.56 Å². The Hall–Kier alpha value is -2.23. The van der Waals surface area contributed by atoms with Crippen molar-refractivity contribution >= 4 is 33.3 Å². The molecule has 0 N–H and O–H groups in total. The Bertz CT molecular complexity index is 928. The van der Waals surface area contributed by atoms with E-state index in [0.717, 1.165) is 16.9 Å². The molecule has 0 saturated carbocycles. The largest absolute Gasteiger partial charge is 0.327 e. The fourth-order valence-corrected chi connectivity index (χ4v) is 5.88. The second kappa shape index (κ2) is 6.49. The summed E-state index contributed by atoms with van der Waals surface area (Å²) < 4.78 is 27.0. The molecule has 9 heteroatoms. The lowest BCUT2D eigenvalue weighted by molar-refractivity contribution is -0.129. The molecule has 26 heavy (non-hydrogen) atoms. The topological polar surface area (TPSA) is 78.0 Å². The highest BCUT2D eigenvalue weighted by atomic mass is 32.2. The van der Waals surface area contributed by atoms with E-state index in [1.54, 1.807) is 17.5 Å². The SMILES string of the molecule is O=C1[C@@H]2CN(S(=O)(=O)c3cccs3)CCN2C(=O)N1Cc1ccccc1. The summed E-state index contributed by atoms with van der Waals surface area (Å²) in [6.45, 7) is 0.597. The summed E-state index contributed by atoms with van der Waals surface area (Å²) in [5.41, 5.74) is 0.858. The lowest BCUT2D eigenvalue weighted by Crippen LogP contribution is -2.54. The second-order valence-electron chi connectivity index (χ2n) is 6.20. The van der Waals surface area contributed by atoms with Gasteiger partial charge in [0.05, 0.1) is 6.54 Å². The van der Waals surface area contributed by atoms with Crippen LogP contribution in [0.25, 0.3) is 0 Å². The van der Waals surface area contributed by atoms with E-state index in [0.29, 0.717) is 0 Å². The van der Waals surface area contributed by atoms with Crippen LogP contribution in [0.5, 0.6) is 0 Å². The first-order valence-electron chi connectivity index (χ1n) is 8.18. The van der Waals surface area contributed by atoms with Crippen molar-refractivity contribution in [1.29, 1.82) is 0 Å². The average molecular weight is 391 g/mol. The Labute approximate surface area is 155 Å². The predicted octanol–water partition coefficient (Wildman–Crippen LogP) is 1.59. The van der Waals surface area contributed by atoms with Gasteiger partial charge in [0.25, 0.3) is 15.9 Å². The van der Waals surface area contributed by atoms with Crippen LogP contribution in [-0.2, 0) is 21.4 Å². The maximum atomic E-state index is 12.8. The van der Waals surface area contributed by atoms with Crippen molar-refractivity contribution in [3.63, 3.8) is 0 Å². The minimum absolute atomic E-state index is 0.00387. The quantitative estimate of drug-likeness (QED) is 0.742. The summed E-state index contributed by atoms with van der Waals surface area (Å²) in [4.78, 5) is 28.1. The third kappa shape index (κ3) is 2.81. The monoisotopic (exact) mass is 391 g/mol. The molecule has 0 aliphatic carbocycles. The van der Waals surface area contributed by atoms with Gasteiger partial charge in [0.15, 0.2) is 0 Å². The molecule has 0 radical (unpaired) electrons. The number of carbonyl (C=O) groups is 2. The lowest BCUT2D eigenvalue weighted by Gasteiger charge is -2.34. The molecule has 3 heterocycles. The van der Waals surface area contributed by atoms with Crippen LogP contribution in [0.3, 0.4) is 0 Å². The number of sulfonamides is 1. The Balaban J connectivity index is 1.54. The zero-order chi connectivity index (χ0) is 18.3. The lowest BCUT2D eigenvalue weighted by atomic mass is 10.2. The van der Waals surface area contributed by atoms with Crippen LogP contribution >= 0.6 is 11.3 Å². The number of piperazine rings is 1. The van der Waals surface area contributed by atoms with E-state index in [-0.39, 0.29) is 42.3 Å². The van der Waals surface area contributed by atoms with Crippen LogP contribution in [0.15, 0.2) is 52.1 Å². The molecule has 2 aliphatic heterocycles. The fraction of sp³-hybridized carbons (Fsp3) is 0.294. The van der Waals surface area contributed by atoms with Crippen molar-refractivity contribution in [2.75, 3.05) is 19.6 Å². The van der Waals surface area contributed by atoms with Gasteiger partial charge in [-0.15, -0.1) is 11.3 Å². The Morgan fingerprint density at radius 1 is 1.04 bits per heavy atom. The normalized spacial score (nSPS) is 21.3. The maximum Gasteiger partial charge on any atom is 0.327 e. The average Bonchev–Trinajstić information content (AvgIpc) is 3.27. The Morgan fingerprint density at radius 3 is 2.50 bits per heavy atom. The molecule has 2 saturated heterocycles. The molecule has 7 nitrogen and oxygen atoms in total. The van der Waals surface area contributed by atoms with Gasteiger partial charge in [0.2, 0.25) is 0 Å². The van der Waals surface area contributed by atoms with Crippen molar-refractivity contribution < 1.29 is 18.0 Å². The minimum Gasteiger partial charge on any atom is -0.310 e. The smallest absolute Gasteiger partial charge is 0.310 e. The van der Waals surface area contributed by atoms with Gasteiger partial charge in [0, 0.05) is 19.6 Å². The van der Waals surface area contributed by atoms with Crippen LogP contribution < -0.4 is 0 Å². The summed E-state index contributed by atoms with van der Waals surface area (Å²) >= 11 is 1.15. The number of amides is 3. The van der Waals surface area contributed by atoms with Crippen molar-refractivity contribution in [2.45, 2.75) is 16.8 Å². The first-order chi connectivity index (χ1) is 12.5. The molecule has 2 aliphatic rings. The number of rotatable bonds is 4. The van der Waals surface area contributed by atoms with Crippen molar-refractivity contribution in [1.82, 2.24) is 14.1 Å². The molecule has 2 fully saturated rings. The van der Waals surface area contributed by atoms with E-state index in [9.17, 15) is 18.0 Å². The standard InChI is InChI=1S/C17H17N3O4S2/c21-16-14-12-18(26(23,24)15-7-4-10-25-15)8-9-19(14)17(22)20(16)11-13-5-2-1-3-6-13/h1-7,10,14H,8-9,11-12H2/t14-/m0/s1. The van der Waals surface area contributed by atoms with Gasteiger partial charge in [-0.25, -0.2) is 13.2 Å². The molecule has 1 aromatic carbocycles. The number of benzene rings is 1. The summed E-state index contributed by atoms with van der Waals surface area (Å²) in [5, 5.41) is 1.70. The second-order valence-corrected chi connectivity index (χ2v) is 9.31. The number of thiophene rings is 1. The first-order valence-corrected chi connectivity index (χ1v) is 10.5. The number of fused-ring (bicyclic) bond motifs is 1. The zero-order valence-electron chi connectivity index (χ0n) is 13.8. The van der Waals surface area contributed by atoms with Crippen molar-refractivity contribution in [3.8, 4) is 0 Å². The van der Waals surface area contributed by atoms with E-state index < -0.39 is 16.1 Å². The zero-order valence-corrected chi connectivity index (χ0v) is 15.4. The Kier molecular flexibility index (Phi) is 4.29. The summed E-state index contributed by atoms with van der Waals surface area (Å²) in [7, 11) is -3.63. The number of imide groups is 1. The van der Waals surface area contributed by atoms with Gasteiger partial charge in [-0.1, -0.05) is 36.4 Å². The molecule has 4 rings (SSSR count). The van der Waals surface area contributed by atoms with E-state index >= 15 is 0 Å². The van der Waals surface area contributed by atoms with Gasteiger partial charge in [-0.3, -0.25) is 9.69 Å². The maximum absolute atomic E-state index is 12.8. The van der Waals surface area contributed by atoms with Crippen LogP contribution in [0.4, 0.5) is 4.79 Å². The molecule has 2 aromatic rings. The van der Waals surface area contributed by atoms with E-state index in [2.05, 4.69) is 0 Å². The number of urea groups is 1. The van der Waals surface area contributed by atoms with Gasteiger partial charge in [0.1, 0.15) is 10.3 Å². The highest BCUT2D eigenvalue weighted by Gasteiger charge is 2.49. The van der Waals surface area contributed by atoms with Crippen LogP contribution in [0, 0.1) is 0 Å². The van der Waals surface area contributed by atoms with E-state index in [1.807, 2.05) is 30.3 Å². The number of hydrogen-bond acceptors (Lipinski definition) is 5. The molecule has 0 spiro atoms. The van der Waals surface area contributed by atoms with Crippen molar-refractivity contribution in [2.24, 2.45) is 0 Å². The molecule has 1 atom stereocenters. The molecule has 136 valence electrons. The van der Waals surface area contributed by atoms with Gasteiger partial charge < -0.3 is 4.90 Å². The van der Waals surface area contributed by atoms with Gasteiger partial charge in [-0.2, -0.15) is 4.31 Å². The highest BCUT2D eigenvalue weighted by Crippen LogP contribution is 2.28. The molecular formula is C17H17N3O4S2. The number of hydrogen-bond donors (Lipinski definition) is 0. The molecular weight excluding hydrogens is 374 g/mol. The summed E-state index contributed by atoms with van der Waals surface area (Å²) in [6.07, 6.45) is 0. The molecule has 0 unspecified atom stereocenters. The Morgan fingerprint density at radius 2 is 1.81 bits per heavy atom. The van der Waals surface area contributed by atoms with Crippen LogP contribution in [0.2, 0.25) is 0 Å². The fourth-order valence-electron chi connectivity index (χ4n) is 3.29. The number of nitrogens with zero attached hydrogens (tertiary/aromatic N) is 3. The third-order valence-electron chi connectivity index (χ3n) is 4.64. The summed E-state index contributed by atoms with van der Waals surface area (Å²) in [5.74, 6) is -0.343. The predicted molar refractivity (Wildman–Crippen MR) is 96.0 cm³/mol. The molecule has 0 bridgehead atoms. The molecule has 3 amide bonds. The molecule has 1 aromatic heterocycles. The first kappa shape index (κ1) is 17.2. The van der Waals surface area contributed by atoms with Gasteiger partial charge >= 0.3 is 6.03 Å². The van der Waals surface area contributed by atoms with Gasteiger partial charge in [-0.05, 0) is 17.0 Å². The third-order valence-corrected chi connectivity index (χ3v) is 7.88. The van der Waals surface area contributed by atoms with E-state index in [1.165, 1.54) is 14.1 Å². The number of carbonyl (C=O) groups excluding carboxylic acids is 2. The highest BCUT2D eigenvalue weighted by molar-refractivity contribution is 7.91. The summed E-state index contributed by atoms with van der Waals surface area (Å²) in [6, 6.07) is 11.4. The van der Waals surface area contributed by atoms with Crippen LogP contribution in [-0.4, -0.2) is 60.1 Å².